The van der Waals surface area contributed by atoms with Gasteiger partial charge in [-0.1, -0.05) is 0 Å². The Kier molecular flexibility index (Phi) is 3.57. The predicted molar refractivity (Wildman–Crippen MR) is 56.3 cm³/mol. The summed E-state index contributed by atoms with van der Waals surface area (Å²) < 4.78 is 12.5. The molecule has 0 aromatic carbocycles. The van der Waals surface area contributed by atoms with Gasteiger partial charge in [0.1, 0.15) is 0 Å². The number of carbonyl (C=O) groups excluding carboxylic acids is 1. The van der Waals surface area contributed by atoms with Gasteiger partial charge in [0.15, 0.2) is 0 Å². The van der Waals surface area contributed by atoms with Crippen molar-refractivity contribution in [3.8, 4) is 0 Å². The quantitative estimate of drug-likeness (QED) is 0.742. The lowest BCUT2D eigenvalue weighted by atomic mass is 9.98. The van der Waals surface area contributed by atoms with Crippen LogP contribution in [0.2, 0.25) is 0 Å². The van der Waals surface area contributed by atoms with Crippen LogP contribution in [-0.2, 0) is 4.79 Å². The largest absolute Gasteiger partial charge is 0.341 e. The van der Waals surface area contributed by atoms with Crippen molar-refractivity contribution in [3.63, 3.8) is 0 Å². The third-order valence-corrected chi connectivity index (χ3v) is 3.41. The summed E-state index contributed by atoms with van der Waals surface area (Å²) in [4.78, 5) is 13.8. The molecule has 0 aliphatic carbocycles. The van der Waals surface area contributed by atoms with Gasteiger partial charge in [0.2, 0.25) is 5.91 Å². The Balaban J connectivity index is 1.88. The van der Waals surface area contributed by atoms with Crippen molar-refractivity contribution in [2.24, 2.45) is 5.92 Å². The number of piperidine rings is 1. The number of nitrogens with one attached hydrogen (secondary N) is 1. The summed E-state index contributed by atoms with van der Waals surface area (Å²) in [6.07, 6.45) is 3.90. The predicted octanol–water partition coefficient (Wildman–Crippen LogP) is 0.946. The fraction of sp³-hybridized carbons (Fsp3) is 0.909. The fourth-order valence-corrected chi connectivity index (χ4v) is 2.51. The van der Waals surface area contributed by atoms with Crippen LogP contribution in [0.1, 0.15) is 25.7 Å². The number of amides is 1. The summed E-state index contributed by atoms with van der Waals surface area (Å²) in [5.74, 6) is 0.259. The summed E-state index contributed by atoms with van der Waals surface area (Å²) >= 11 is 0. The van der Waals surface area contributed by atoms with Crippen molar-refractivity contribution in [3.05, 3.63) is 0 Å². The van der Waals surface area contributed by atoms with Crippen molar-refractivity contribution in [2.75, 3.05) is 26.3 Å². The third-order valence-electron chi connectivity index (χ3n) is 3.41. The summed E-state index contributed by atoms with van der Waals surface area (Å²) in [5.41, 5.74) is 0. The highest BCUT2D eigenvalue weighted by Crippen LogP contribution is 2.19. The lowest BCUT2D eigenvalue weighted by Crippen LogP contribution is -2.48. The summed E-state index contributed by atoms with van der Waals surface area (Å²) in [6, 6.07) is 0.00311. The van der Waals surface area contributed by atoms with Crippen molar-refractivity contribution in [1.29, 1.82) is 0 Å². The molecule has 86 valence electrons. The molecule has 2 saturated heterocycles. The number of hydrogen-bond acceptors (Lipinski definition) is 2. The number of hydrogen-bond donors (Lipinski definition) is 1. The minimum atomic E-state index is -0.290. The van der Waals surface area contributed by atoms with Gasteiger partial charge in [0, 0.05) is 19.0 Å². The first-order chi connectivity index (χ1) is 7.31. The summed E-state index contributed by atoms with van der Waals surface area (Å²) in [5, 5.41) is 3.20. The van der Waals surface area contributed by atoms with Gasteiger partial charge in [-0.05, 0) is 32.2 Å². The van der Waals surface area contributed by atoms with Crippen LogP contribution in [0.3, 0.4) is 0 Å². The Morgan fingerprint density at radius 2 is 2.27 bits per heavy atom. The van der Waals surface area contributed by atoms with Gasteiger partial charge in [-0.2, -0.15) is 0 Å². The molecule has 4 heteroatoms. The number of carbonyl (C=O) groups is 1. The second-order valence-electron chi connectivity index (χ2n) is 4.60. The van der Waals surface area contributed by atoms with Crippen molar-refractivity contribution >= 4 is 5.91 Å². The highest BCUT2D eigenvalue weighted by atomic mass is 19.1. The third kappa shape index (κ3) is 2.48. The van der Waals surface area contributed by atoms with Crippen LogP contribution >= 0.6 is 0 Å². The van der Waals surface area contributed by atoms with Crippen LogP contribution in [-0.4, -0.2) is 43.2 Å². The fourth-order valence-electron chi connectivity index (χ4n) is 2.51. The maximum atomic E-state index is 12.5. The monoisotopic (exact) mass is 214 g/mol. The number of rotatable bonds is 2. The van der Waals surface area contributed by atoms with E-state index in [0.29, 0.717) is 6.54 Å². The molecule has 2 heterocycles. The van der Waals surface area contributed by atoms with Gasteiger partial charge < -0.3 is 10.2 Å². The van der Waals surface area contributed by atoms with Gasteiger partial charge >= 0.3 is 0 Å². The Morgan fingerprint density at radius 1 is 1.40 bits per heavy atom. The minimum absolute atomic E-state index is 0.00311. The van der Waals surface area contributed by atoms with E-state index in [1.807, 2.05) is 4.90 Å². The maximum absolute atomic E-state index is 12.5. The van der Waals surface area contributed by atoms with Gasteiger partial charge in [0.25, 0.3) is 0 Å². The molecule has 1 amide bonds. The molecule has 2 aliphatic rings. The molecule has 2 atom stereocenters. The first kappa shape index (κ1) is 10.9. The van der Waals surface area contributed by atoms with Crippen molar-refractivity contribution in [1.82, 2.24) is 10.2 Å². The molecule has 0 bridgehead atoms. The first-order valence-corrected chi connectivity index (χ1v) is 5.89. The highest BCUT2D eigenvalue weighted by Gasteiger charge is 2.30. The molecular weight excluding hydrogens is 195 g/mol. The maximum Gasteiger partial charge on any atom is 0.239 e. The molecule has 2 aliphatic heterocycles. The zero-order chi connectivity index (χ0) is 10.7. The molecule has 1 N–H and O–H groups in total. The normalized spacial score (nSPS) is 31.9. The Bertz CT molecular complexity index is 229. The lowest BCUT2D eigenvalue weighted by Gasteiger charge is -2.33. The second kappa shape index (κ2) is 4.92. The SMILES string of the molecule is O=C([C@H]1CCCN1)N1CCC[C@@H](CF)C1. The van der Waals surface area contributed by atoms with Crippen LogP contribution < -0.4 is 5.32 Å². The summed E-state index contributed by atoms with van der Waals surface area (Å²) in [6.45, 7) is 2.08. The van der Waals surface area contributed by atoms with Crippen molar-refractivity contribution < 1.29 is 9.18 Å². The van der Waals surface area contributed by atoms with Gasteiger partial charge in [-0.15, -0.1) is 0 Å². The number of nitrogens with zero attached hydrogens (tertiary/aromatic N) is 1. The molecule has 3 nitrogen and oxygen atoms in total. The molecule has 2 fully saturated rings. The van der Waals surface area contributed by atoms with Crippen LogP contribution in [0.15, 0.2) is 0 Å². The van der Waals surface area contributed by atoms with Crippen LogP contribution in [0, 0.1) is 5.92 Å². The smallest absolute Gasteiger partial charge is 0.239 e. The molecule has 0 spiro atoms. The van der Waals surface area contributed by atoms with Crippen molar-refractivity contribution in [2.45, 2.75) is 31.7 Å². The molecule has 0 radical (unpaired) electrons. The van der Waals surface area contributed by atoms with Crippen LogP contribution in [0.5, 0.6) is 0 Å². The van der Waals surface area contributed by atoms with E-state index in [0.717, 1.165) is 38.8 Å². The summed E-state index contributed by atoms with van der Waals surface area (Å²) in [7, 11) is 0. The van der Waals surface area contributed by atoms with E-state index >= 15 is 0 Å². The number of likely N-dealkylation sites (tertiary alicyclic amines) is 1. The van der Waals surface area contributed by atoms with E-state index in [4.69, 9.17) is 0 Å². The number of alkyl halides is 1. The molecule has 2 rings (SSSR count). The van der Waals surface area contributed by atoms with E-state index < -0.39 is 0 Å². The van der Waals surface area contributed by atoms with Crippen LogP contribution in [0.25, 0.3) is 0 Å². The van der Waals surface area contributed by atoms with Gasteiger partial charge in [0.05, 0.1) is 12.7 Å². The first-order valence-electron chi connectivity index (χ1n) is 5.89. The molecule has 15 heavy (non-hydrogen) atoms. The zero-order valence-corrected chi connectivity index (χ0v) is 9.04. The van der Waals surface area contributed by atoms with Crippen LogP contribution in [0.4, 0.5) is 4.39 Å². The van der Waals surface area contributed by atoms with E-state index in [9.17, 15) is 9.18 Å². The Labute approximate surface area is 90.0 Å². The van der Waals surface area contributed by atoms with E-state index in [-0.39, 0.29) is 24.5 Å². The van der Waals surface area contributed by atoms with Gasteiger partial charge in [-0.25, -0.2) is 0 Å². The second-order valence-corrected chi connectivity index (χ2v) is 4.60. The lowest BCUT2D eigenvalue weighted by molar-refractivity contribution is -0.135. The molecule has 0 aromatic rings. The standard InChI is InChI=1S/C11H19FN2O/c12-7-9-3-2-6-14(8-9)11(15)10-4-1-5-13-10/h9-10,13H,1-8H2/t9-,10+/m0/s1. The van der Waals surface area contributed by atoms with E-state index in [1.54, 1.807) is 0 Å². The highest BCUT2D eigenvalue weighted by molar-refractivity contribution is 5.82. The molecular formula is C11H19FN2O. The Hall–Kier alpha value is -0.640. The topological polar surface area (TPSA) is 32.3 Å². The average molecular weight is 214 g/mol. The van der Waals surface area contributed by atoms with E-state index in [2.05, 4.69) is 5.32 Å². The minimum Gasteiger partial charge on any atom is -0.341 e. The molecule has 0 saturated carbocycles. The van der Waals surface area contributed by atoms with E-state index in [1.165, 1.54) is 0 Å². The number of halogens is 1. The zero-order valence-electron chi connectivity index (χ0n) is 9.04. The Morgan fingerprint density at radius 3 is 2.93 bits per heavy atom. The molecule has 0 unspecified atom stereocenters. The molecule has 0 aromatic heterocycles. The average Bonchev–Trinajstić information content (AvgIpc) is 2.81. The van der Waals surface area contributed by atoms with Gasteiger partial charge in [-0.3, -0.25) is 9.18 Å².